The molecule has 0 aliphatic heterocycles. The molecule has 0 aliphatic rings. The molecule has 0 bridgehead atoms. The van der Waals surface area contributed by atoms with Crippen LogP contribution in [0.2, 0.25) is 0 Å². The lowest BCUT2D eigenvalue weighted by atomic mass is 10.1. The highest BCUT2D eigenvalue weighted by molar-refractivity contribution is 5.64. The number of phenolic OH excluding ortho intramolecular Hbond substituents is 1. The van der Waals surface area contributed by atoms with Crippen molar-refractivity contribution in [2.45, 2.75) is 0 Å². The van der Waals surface area contributed by atoms with Gasteiger partial charge in [0.1, 0.15) is 17.4 Å². The number of nitrogen functional groups attached to an aromatic ring is 1. The van der Waals surface area contributed by atoms with Gasteiger partial charge in [0.15, 0.2) is 0 Å². The SMILES string of the molecule is Nc1cc(-c2nc(-c3ccc(O)cc3)no2)c(F)cc1F. The van der Waals surface area contributed by atoms with Crippen LogP contribution in [0.4, 0.5) is 14.5 Å². The average molecular weight is 289 g/mol. The van der Waals surface area contributed by atoms with E-state index in [-0.39, 0.29) is 28.7 Å². The standard InChI is InChI=1S/C14H9F2N3O2/c15-10-6-11(16)12(17)5-9(10)14-18-13(19-21-14)7-1-3-8(20)4-2-7/h1-6,20H,17H2. The van der Waals surface area contributed by atoms with Crippen LogP contribution in [0.1, 0.15) is 0 Å². The number of hydrogen-bond acceptors (Lipinski definition) is 5. The van der Waals surface area contributed by atoms with Crippen molar-refractivity contribution in [1.82, 2.24) is 10.1 Å². The van der Waals surface area contributed by atoms with E-state index >= 15 is 0 Å². The summed E-state index contributed by atoms with van der Waals surface area (Å²) in [6, 6.07) is 7.84. The van der Waals surface area contributed by atoms with Gasteiger partial charge < -0.3 is 15.4 Å². The van der Waals surface area contributed by atoms with E-state index in [1.807, 2.05) is 0 Å². The molecule has 7 heteroatoms. The van der Waals surface area contributed by atoms with Gasteiger partial charge in [-0.15, -0.1) is 0 Å². The molecule has 0 unspecified atom stereocenters. The van der Waals surface area contributed by atoms with E-state index in [1.165, 1.54) is 12.1 Å². The highest BCUT2D eigenvalue weighted by Crippen LogP contribution is 2.28. The lowest BCUT2D eigenvalue weighted by Crippen LogP contribution is -1.94. The number of aromatic hydroxyl groups is 1. The number of rotatable bonds is 2. The second kappa shape index (κ2) is 4.86. The van der Waals surface area contributed by atoms with E-state index < -0.39 is 11.6 Å². The van der Waals surface area contributed by atoms with E-state index in [1.54, 1.807) is 12.1 Å². The average Bonchev–Trinajstić information content (AvgIpc) is 2.93. The Bertz CT molecular complexity index is 800. The minimum absolute atomic E-state index is 0.0774. The Morgan fingerprint density at radius 2 is 1.76 bits per heavy atom. The first kappa shape index (κ1) is 13.0. The first-order valence-corrected chi connectivity index (χ1v) is 5.92. The maximum Gasteiger partial charge on any atom is 0.261 e. The van der Waals surface area contributed by atoms with E-state index in [2.05, 4.69) is 10.1 Å². The molecule has 21 heavy (non-hydrogen) atoms. The fraction of sp³-hybridized carbons (Fsp3) is 0. The lowest BCUT2D eigenvalue weighted by molar-refractivity contribution is 0.429. The van der Waals surface area contributed by atoms with E-state index in [0.717, 1.165) is 6.07 Å². The van der Waals surface area contributed by atoms with E-state index in [9.17, 15) is 13.9 Å². The molecule has 5 nitrogen and oxygen atoms in total. The molecule has 3 rings (SSSR count). The molecule has 2 aromatic carbocycles. The minimum Gasteiger partial charge on any atom is -0.508 e. The van der Waals surface area contributed by atoms with Crippen LogP contribution < -0.4 is 5.73 Å². The van der Waals surface area contributed by atoms with Gasteiger partial charge in [-0.05, 0) is 30.3 Å². The third kappa shape index (κ3) is 2.40. The molecule has 0 amide bonds. The molecule has 1 heterocycles. The maximum atomic E-state index is 13.7. The van der Waals surface area contributed by atoms with Crippen molar-refractivity contribution in [3.8, 4) is 28.6 Å². The molecule has 106 valence electrons. The first-order chi connectivity index (χ1) is 10.0. The number of anilines is 1. The van der Waals surface area contributed by atoms with Gasteiger partial charge in [-0.1, -0.05) is 5.16 Å². The fourth-order valence-electron chi connectivity index (χ4n) is 1.79. The monoisotopic (exact) mass is 289 g/mol. The largest absolute Gasteiger partial charge is 0.508 e. The molecule has 0 saturated heterocycles. The van der Waals surface area contributed by atoms with Crippen LogP contribution in [-0.4, -0.2) is 15.2 Å². The number of hydrogen-bond donors (Lipinski definition) is 2. The summed E-state index contributed by atoms with van der Waals surface area (Å²) in [6.07, 6.45) is 0. The number of benzene rings is 2. The van der Waals surface area contributed by atoms with Crippen LogP contribution in [-0.2, 0) is 0 Å². The van der Waals surface area contributed by atoms with Gasteiger partial charge in [0, 0.05) is 11.6 Å². The molecule has 0 saturated carbocycles. The second-order valence-corrected chi connectivity index (χ2v) is 4.32. The van der Waals surface area contributed by atoms with Crippen LogP contribution in [0.5, 0.6) is 5.75 Å². The van der Waals surface area contributed by atoms with Gasteiger partial charge in [-0.3, -0.25) is 0 Å². The Morgan fingerprint density at radius 3 is 2.48 bits per heavy atom. The van der Waals surface area contributed by atoms with Gasteiger partial charge in [0.05, 0.1) is 11.3 Å². The van der Waals surface area contributed by atoms with Crippen molar-refractivity contribution in [3.05, 3.63) is 48.0 Å². The molecular formula is C14H9F2N3O2. The van der Waals surface area contributed by atoms with Crippen LogP contribution in [0, 0.1) is 11.6 Å². The number of phenols is 1. The minimum atomic E-state index is -0.852. The number of nitrogens with zero attached hydrogens (tertiary/aromatic N) is 2. The van der Waals surface area contributed by atoms with Crippen LogP contribution in [0.15, 0.2) is 40.9 Å². The summed E-state index contributed by atoms with van der Waals surface area (Å²) in [6.45, 7) is 0. The Kier molecular flexibility index (Phi) is 3.02. The molecule has 1 aromatic heterocycles. The lowest BCUT2D eigenvalue weighted by Gasteiger charge is -2.00. The quantitative estimate of drug-likeness (QED) is 0.708. The number of nitrogens with two attached hydrogens (primary N) is 1. The van der Waals surface area contributed by atoms with E-state index in [0.29, 0.717) is 11.6 Å². The smallest absolute Gasteiger partial charge is 0.261 e. The molecule has 0 radical (unpaired) electrons. The van der Waals surface area contributed by atoms with Crippen molar-refractivity contribution in [2.24, 2.45) is 0 Å². The van der Waals surface area contributed by atoms with E-state index in [4.69, 9.17) is 10.3 Å². The normalized spacial score (nSPS) is 10.8. The summed E-state index contributed by atoms with van der Waals surface area (Å²) >= 11 is 0. The zero-order chi connectivity index (χ0) is 15.0. The highest BCUT2D eigenvalue weighted by Gasteiger charge is 2.16. The van der Waals surface area contributed by atoms with Crippen LogP contribution in [0.3, 0.4) is 0 Å². The van der Waals surface area contributed by atoms with Crippen molar-refractivity contribution in [1.29, 1.82) is 0 Å². The maximum absolute atomic E-state index is 13.7. The summed E-state index contributed by atoms with van der Waals surface area (Å²) in [4.78, 5) is 4.03. The van der Waals surface area contributed by atoms with Gasteiger partial charge in [0.25, 0.3) is 5.89 Å². The molecule has 3 N–H and O–H groups in total. The van der Waals surface area contributed by atoms with Gasteiger partial charge in [-0.2, -0.15) is 4.98 Å². The van der Waals surface area contributed by atoms with Crippen molar-refractivity contribution in [2.75, 3.05) is 5.73 Å². The number of aromatic nitrogens is 2. The topological polar surface area (TPSA) is 85.2 Å². The third-order valence-electron chi connectivity index (χ3n) is 2.87. The molecule has 3 aromatic rings. The van der Waals surface area contributed by atoms with Crippen molar-refractivity contribution < 1.29 is 18.4 Å². The Morgan fingerprint density at radius 1 is 1.05 bits per heavy atom. The van der Waals surface area contributed by atoms with Gasteiger partial charge in [0.2, 0.25) is 5.82 Å². The van der Waals surface area contributed by atoms with Gasteiger partial charge in [-0.25, -0.2) is 8.78 Å². The molecular weight excluding hydrogens is 280 g/mol. The zero-order valence-corrected chi connectivity index (χ0v) is 10.5. The summed E-state index contributed by atoms with van der Waals surface area (Å²) in [7, 11) is 0. The highest BCUT2D eigenvalue weighted by atomic mass is 19.1. The Balaban J connectivity index is 2.02. The predicted octanol–water partition coefficient (Wildman–Crippen LogP) is 2.97. The second-order valence-electron chi connectivity index (χ2n) is 4.32. The third-order valence-corrected chi connectivity index (χ3v) is 2.87. The van der Waals surface area contributed by atoms with Crippen LogP contribution >= 0.6 is 0 Å². The molecule has 0 aliphatic carbocycles. The van der Waals surface area contributed by atoms with Gasteiger partial charge >= 0.3 is 0 Å². The summed E-state index contributed by atoms with van der Waals surface area (Å²) < 4.78 is 31.8. The van der Waals surface area contributed by atoms with Crippen LogP contribution in [0.25, 0.3) is 22.8 Å². The summed E-state index contributed by atoms with van der Waals surface area (Å²) in [5.74, 6) is -1.49. The first-order valence-electron chi connectivity index (χ1n) is 5.92. The number of halogens is 2. The Hall–Kier alpha value is -2.96. The molecule has 0 fully saturated rings. The van der Waals surface area contributed by atoms with Crippen molar-refractivity contribution >= 4 is 5.69 Å². The predicted molar refractivity (Wildman–Crippen MR) is 71.2 cm³/mol. The Labute approximate surface area is 117 Å². The molecule has 0 atom stereocenters. The van der Waals surface area contributed by atoms with Crippen molar-refractivity contribution in [3.63, 3.8) is 0 Å². The molecule has 0 spiro atoms. The zero-order valence-electron chi connectivity index (χ0n) is 10.5. The summed E-state index contributed by atoms with van der Waals surface area (Å²) in [5.41, 5.74) is 5.69. The fourth-order valence-corrected chi connectivity index (χ4v) is 1.79. The summed E-state index contributed by atoms with van der Waals surface area (Å²) in [5, 5.41) is 12.9.